The minimum atomic E-state index is 0.0829. The van der Waals surface area contributed by atoms with Crippen molar-refractivity contribution in [3.8, 4) is 5.75 Å². The van der Waals surface area contributed by atoms with Crippen LogP contribution in [0.5, 0.6) is 5.75 Å². The minimum absolute atomic E-state index is 0.0829. The monoisotopic (exact) mass is 245 g/mol. The summed E-state index contributed by atoms with van der Waals surface area (Å²) in [6, 6.07) is 7.50. The Labute approximate surface area is 105 Å². The molecule has 3 rings (SSSR count). The van der Waals surface area contributed by atoms with Crippen molar-refractivity contribution in [1.29, 1.82) is 0 Å². The van der Waals surface area contributed by atoms with Crippen molar-refractivity contribution in [1.82, 2.24) is 4.90 Å². The van der Waals surface area contributed by atoms with Crippen molar-refractivity contribution < 1.29 is 14.6 Å². The number of amides is 1. The number of carbonyl (C=O) groups is 1. The van der Waals surface area contributed by atoms with Gasteiger partial charge in [-0.25, -0.2) is 0 Å². The Bertz CT molecular complexity index is 522. The number of likely N-dealkylation sites (tertiary alicyclic amines) is 1. The van der Waals surface area contributed by atoms with Crippen LogP contribution in [0, 0.1) is 0 Å². The molecule has 1 aromatic carbocycles. The third-order valence-electron chi connectivity index (χ3n) is 3.37. The first-order valence-corrected chi connectivity index (χ1v) is 6.22. The van der Waals surface area contributed by atoms with Crippen molar-refractivity contribution in [2.45, 2.75) is 19.3 Å². The lowest BCUT2D eigenvalue weighted by Crippen LogP contribution is -2.36. The minimum Gasteiger partial charge on any atom is -0.507 e. The van der Waals surface area contributed by atoms with E-state index >= 15 is 0 Å². The van der Waals surface area contributed by atoms with Crippen LogP contribution in [0.3, 0.4) is 0 Å². The van der Waals surface area contributed by atoms with Gasteiger partial charge in [-0.15, -0.1) is 0 Å². The Kier molecular flexibility index (Phi) is 2.70. The highest BCUT2D eigenvalue weighted by molar-refractivity contribution is 5.89. The predicted octanol–water partition coefficient (Wildman–Crippen LogP) is 2.32. The zero-order chi connectivity index (χ0) is 12.5. The van der Waals surface area contributed by atoms with E-state index in [4.69, 9.17) is 4.74 Å². The predicted molar refractivity (Wildman–Crippen MR) is 67.0 cm³/mol. The lowest BCUT2D eigenvalue weighted by Gasteiger charge is -2.32. The summed E-state index contributed by atoms with van der Waals surface area (Å²) in [5.74, 6) is 0.951. The summed E-state index contributed by atoms with van der Waals surface area (Å²) in [6.45, 7) is 0.808. The Hall–Kier alpha value is -1.97. The summed E-state index contributed by atoms with van der Waals surface area (Å²) in [5.41, 5.74) is 1.43. The molecule has 2 aliphatic heterocycles. The fourth-order valence-electron chi connectivity index (χ4n) is 2.50. The molecule has 1 fully saturated rings. The fourth-order valence-corrected chi connectivity index (χ4v) is 2.50. The standard InChI is InChI=1S/C14H15NO3/c16-11-9-18-12-6-2-1-5-10(12)14(11)15-8-4-3-7-13(15)17/h1-2,5-6,16H,3-4,7-9H2. The van der Waals surface area contributed by atoms with Crippen LogP contribution in [0.25, 0.3) is 5.70 Å². The second-order valence-corrected chi connectivity index (χ2v) is 4.58. The zero-order valence-corrected chi connectivity index (χ0v) is 10.1. The normalized spacial score (nSPS) is 19.6. The Balaban J connectivity index is 2.06. The van der Waals surface area contributed by atoms with E-state index in [2.05, 4.69) is 0 Å². The average molecular weight is 245 g/mol. The van der Waals surface area contributed by atoms with Crippen molar-refractivity contribution in [2.24, 2.45) is 0 Å². The topological polar surface area (TPSA) is 49.8 Å². The second kappa shape index (κ2) is 4.37. The van der Waals surface area contributed by atoms with Gasteiger partial charge in [0.1, 0.15) is 12.4 Å². The largest absolute Gasteiger partial charge is 0.507 e. The fraction of sp³-hybridized carbons (Fsp3) is 0.357. The maximum Gasteiger partial charge on any atom is 0.227 e. The molecule has 18 heavy (non-hydrogen) atoms. The number of nitrogens with zero attached hydrogens (tertiary/aromatic N) is 1. The Morgan fingerprint density at radius 1 is 1.22 bits per heavy atom. The van der Waals surface area contributed by atoms with E-state index in [1.165, 1.54) is 0 Å². The molecule has 0 aromatic heterocycles. The highest BCUT2D eigenvalue weighted by Gasteiger charge is 2.29. The number of hydrogen-bond donors (Lipinski definition) is 1. The number of benzene rings is 1. The first-order chi connectivity index (χ1) is 8.77. The quantitative estimate of drug-likeness (QED) is 0.826. The van der Waals surface area contributed by atoms with Gasteiger partial charge < -0.3 is 14.7 Å². The molecule has 0 saturated carbocycles. The molecule has 2 heterocycles. The molecule has 0 aliphatic carbocycles. The highest BCUT2D eigenvalue weighted by Crippen LogP contribution is 2.35. The molecule has 1 amide bonds. The van der Waals surface area contributed by atoms with Crippen LogP contribution in [0.1, 0.15) is 24.8 Å². The smallest absolute Gasteiger partial charge is 0.227 e. The third-order valence-corrected chi connectivity index (χ3v) is 3.37. The number of rotatable bonds is 1. The van der Waals surface area contributed by atoms with Gasteiger partial charge in [-0.05, 0) is 25.0 Å². The lowest BCUT2D eigenvalue weighted by molar-refractivity contribution is -0.129. The molecule has 0 spiro atoms. The number of aliphatic hydroxyl groups excluding tert-OH is 1. The number of fused-ring (bicyclic) bond motifs is 1. The van der Waals surface area contributed by atoms with E-state index in [0.29, 0.717) is 18.7 Å². The van der Waals surface area contributed by atoms with Crippen molar-refractivity contribution in [3.05, 3.63) is 35.6 Å². The van der Waals surface area contributed by atoms with E-state index in [1.807, 2.05) is 24.3 Å². The molecule has 1 aromatic rings. The summed E-state index contributed by atoms with van der Waals surface area (Å²) in [5, 5.41) is 10.0. The summed E-state index contributed by atoms with van der Waals surface area (Å²) in [6.07, 6.45) is 2.47. The van der Waals surface area contributed by atoms with Crippen LogP contribution in [-0.4, -0.2) is 29.1 Å². The van der Waals surface area contributed by atoms with Gasteiger partial charge in [0, 0.05) is 18.5 Å². The van der Waals surface area contributed by atoms with Gasteiger partial charge in [0.15, 0.2) is 5.76 Å². The molecule has 4 nitrogen and oxygen atoms in total. The second-order valence-electron chi connectivity index (χ2n) is 4.58. The van der Waals surface area contributed by atoms with Crippen LogP contribution >= 0.6 is 0 Å². The number of para-hydroxylation sites is 1. The molecular weight excluding hydrogens is 230 g/mol. The van der Waals surface area contributed by atoms with Gasteiger partial charge in [0.05, 0.1) is 5.70 Å². The van der Waals surface area contributed by atoms with Gasteiger partial charge in [0.2, 0.25) is 5.91 Å². The molecule has 4 heteroatoms. The summed E-state index contributed by atoms with van der Waals surface area (Å²) in [7, 11) is 0. The SMILES string of the molecule is O=C1CCCCN1C1=C(O)COc2ccccc21. The Morgan fingerprint density at radius 3 is 2.89 bits per heavy atom. The van der Waals surface area contributed by atoms with Crippen LogP contribution in [0.2, 0.25) is 0 Å². The number of piperidine rings is 1. The third kappa shape index (κ3) is 1.74. The maximum atomic E-state index is 12.0. The first-order valence-electron chi connectivity index (χ1n) is 6.22. The first kappa shape index (κ1) is 11.1. The van der Waals surface area contributed by atoms with Gasteiger partial charge in [-0.1, -0.05) is 12.1 Å². The van der Waals surface area contributed by atoms with Crippen molar-refractivity contribution in [2.75, 3.05) is 13.2 Å². The molecule has 0 radical (unpaired) electrons. The summed E-state index contributed by atoms with van der Waals surface area (Å²) >= 11 is 0. The molecular formula is C14H15NO3. The van der Waals surface area contributed by atoms with E-state index < -0.39 is 0 Å². The summed E-state index contributed by atoms with van der Waals surface area (Å²) < 4.78 is 5.45. The van der Waals surface area contributed by atoms with Crippen molar-refractivity contribution >= 4 is 11.6 Å². The molecule has 94 valence electrons. The molecule has 2 aliphatic rings. The molecule has 1 N–H and O–H groups in total. The van der Waals surface area contributed by atoms with E-state index in [0.717, 1.165) is 24.2 Å². The van der Waals surface area contributed by atoms with Gasteiger partial charge in [0.25, 0.3) is 0 Å². The van der Waals surface area contributed by atoms with Crippen LogP contribution < -0.4 is 4.74 Å². The molecule has 0 unspecified atom stereocenters. The van der Waals surface area contributed by atoms with E-state index in [1.54, 1.807) is 4.90 Å². The number of hydrogen-bond acceptors (Lipinski definition) is 3. The number of aliphatic hydroxyl groups is 1. The Morgan fingerprint density at radius 2 is 2.06 bits per heavy atom. The molecule has 1 saturated heterocycles. The van der Waals surface area contributed by atoms with Gasteiger partial charge in [-0.2, -0.15) is 0 Å². The number of ether oxygens (including phenoxy) is 1. The molecule has 0 bridgehead atoms. The van der Waals surface area contributed by atoms with Crippen molar-refractivity contribution in [3.63, 3.8) is 0 Å². The van der Waals surface area contributed by atoms with Crippen LogP contribution in [0.4, 0.5) is 0 Å². The average Bonchev–Trinajstić information content (AvgIpc) is 2.40. The highest BCUT2D eigenvalue weighted by atomic mass is 16.5. The maximum absolute atomic E-state index is 12.0. The summed E-state index contributed by atoms with van der Waals surface area (Å²) in [4.78, 5) is 13.7. The van der Waals surface area contributed by atoms with E-state index in [9.17, 15) is 9.90 Å². The van der Waals surface area contributed by atoms with Gasteiger partial charge in [-0.3, -0.25) is 4.79 Å². The molecule has 0 atom stereocenters. The lowest BCUT2D eigenvalue weighted by atomic mass is 10.0. The zero-order valence-electron chi connectivity index (χ0n) is 10.1. The van der Waals surface area contributed by atoms with Gasteiger partial charge >= 0.3 is 0 Å². The van der Waals surface area contributed by atoms with Crippen LogP contribution in [0.15, 0.2) is 30.0 Å². The van der Waals surface area contributed by atoms with E-state index in [-0.39, 0.29) is 18.3 Å². The van der Waals surface area contributed by atoms with Crippen LogP contribution in [-0.2, 0) is 4.79 Å². The number of carbonyl (C=O) groups excluding carboxylic acids is 1.